The first kappa shape index (κ1) is 13.6. The van der Waals surface area contributed by atoms with Crippen LogP contribution < -0.4 is 15.2 Å². The first-order valence-corrected chi connectivity index (χ1v) is 5.86. The molecule has 0 unspecified atom stereocenters. The van der Waals surface area contributed by atoms with E-state index in [-0.39, 0.29) is 0 Å². The Bertz CT molecular complexity index is 617. The molecule has 0 saturated heterocycles. The number of carbonyl (C=O) groups excluding carboxylic acids is 2. The molecular weight excluding hydrogens is 258 g/mol. The van der Waals surface area contributed by atoms with E-state index in [0.717, 1.165) is 0 Å². The Morgan fingerprint density at radius 3 is 1.85 bits per heavy atom. The molecule has 0 aliphatic heterocycles. The Hall–Kier alpha value is -2.82. The van der Waals surface area contributed by atoms with Crippen molar-refractivity contribution in [2.24, 2.45) is 5.73 Å². The number of ether oxygens (including phenoxy) is 2. The maximum absolute atomic E-state index is 11.9. The number of methoxy groups -OCH3 is 1. The van der Waals surface area contributed by atoms with Crippen LogP contribution in [0.5, 0.6) is 11.5 Å². The van der Waals surface area contributed by atoms with Crippen molar-refractivity contribution in [1.82, 2.24) is 0 Å². The van der Waals surface area contributed by atoms with Crippen LogP contribution in [0.4, 0.5) is 0 Å². The summed E-state index contributed by atoms with van der Waals surface area (Å²) in [5.74, 6) is 0.0386. The van der Waals surface area contributed by atoms with Gasteiger partial charge in [0.25, 0.3) is 0 Å². The molecule has 0 aliphatic carbocycles. The van der Waals surface area contributed by atoms with E-state index >= 15 is 0 Å². The molecule has 0 fully saturated rings. The maximum atomic E-state index is 11.9. The summed E-state index contributed by atoms with van der Waals surface area (Å²) in [7, 11) is 1.56. The van der Waals surface area contributed by atoms with Crippen molar-refractivity contribution in [2.45, 2.75) is 0 Å². The van der Waals surface area contributed by atoms with E-state index in [1.165, 1.54) is 24.3 Å². The summed E-state index contributed by atoms with van der Waals surface area (Å²) in [5.41, 5.74) is 5.80. The highest BCUT2D eigenvalue weighted by Gasteiger charge is 2.09. The van der Waals surface area contributed by atoms with E-state index in [0.29, 0.717) is 22.6 Å². The van der Waals surface area contributed by atoms with Gasteiger partial charge in [0.1, 0.15) is 11.5 Å². The quantitative estimate of drug-likeness (QED) is 0.681. The molecule has 0 aliphatic rings. The van der Waals surface area contributed by atoms with E-state index in [1.54, 1.807) is 31.4 Å². The van der Waals surface area contributed by atoms with Gasteiger partial charge in [-0.25, -0.2) is 4.79 Å². The number of benzene rings is 2. The monoisotopic (exact) mass is 271 g/mol. The fourth-order valence-electron chi connectivity index (χ4n) is 1.58. The molecule has 5 nitrogen and oxygen atoms in total. The normalized spacial score (nSPS) is 9.85. The van der Waals surface area contributed by atoms with Crippen molar-refractivity contribution >= 4 is 11.9 Å². The minimum atomic E-state index is -0.542. The summed E-state index contributed by atoms with van der Waals surface area (Å²) in [5, 5.41) is 0. The molecule has 2 aromatic carbocycles. The van der Waals surface area contributed by atoms with Crippen molar-refractivity contribution in [3.8, 4) is 11.5 Å². The fourth-order valence-corrected chi connectivity index (χ4v) is 1.58. The molecule has 0 radical (unpaired) electrons. The zero-order valence-corrected chi connectivity index (χ0v) is 10.8. The second kappa shape index (κ2) is 5.88. The molecule has 2 rings (SSSR count). The van der Waals surface area contributed by atoms with Gasteiger partial charge in [-0.3, -0.25) is 4.79 Å². The van der Waals surface area contributed by atoms with Crippen LogP contribution in [0.15, 0.2) is 48.5 Å². The number of rotatable bonds is 4. The predicted octanol–water partition coefficient (Wildman–Crippen LogP) is 2.01. The molecule has 0 bridgehead atoms. The van der Waals surface area contributed by atoms with E-state index in [4.69, 9.17) is 15.2 Å². The van der Waals surface area contributed by atoms with E-state index in [9.17, 15) is 9.59 Å². The van der Waals surface area contributed by atoms with Crippen LogP contribution in [0.1, 0.15) is 20.7 Å². The molecule has 0 saturated carbocycles. The average molecular weight is 271 g/mol. The lowest BCUT2D eigenvalue weighted by atomic mass is 10.1. The lowest BCUT2D eigenvalue weighted by molar-refractivity contribution is 0.0734. The summed E-state index contributed by atoms with van der Waals surface area (Å²) in [6, 6.07) is 12.6. The summed E-state index contributed by atoms with van der Waals surface area (Å²) >= 11 is 0. The second-order valence-electron chi connectivity index (χ2n) is 4.01. The number of hydrogen-bond donors (Lipinski definition) is 1. The highest BCUT2D eigenvalue weighted by atomic mass is 16.5. The Labute approximate surface area is 115 Å². The van der Waals surface area contributed by atoms with Crippen molar-refractivity contribution in [2.75, 3.05) is 7.11 Å². The number of esters is 1. The third-order valence-electron chi connectivity index (χ3n) is 2.68. The SMILES string of the molecule is COc1ccc(OC(=O)c2ccc(C(N)=O)cc2)cc1. The molecular formula is C15H13NO4. The first-order chi connectivity index (χ1) is 9.60. The van der Waals surface area contributed by atoms with Crippen molar-refractivity contribution in [3.63, 3.8) is 0 Å². The highest BCUT2D eigenvalue weighted by Crippen LogP contribution is 2.18. The Morgan fingerprint density at radius 1 is 0.850 bits per heavy atom. The number of carbonyl (C=O) groups is 2. The molecule has 0 heterocycles. The minimum Gasteiger partial charge on any atom is -0.497 e. The van der Waals surface area contributed by atoms with Gasteiger partial charge >= 0.3 is 5.97 Å². The average Bonchev–Trinajstić information content (AvgIpc) is 2.48. The van der Waals surface area contributed by atoms with Gasteiger partial charge in [-0.05, 0) is 48.5 Å². The van der Waals surface area contributed by atoms with Gasteiger partial charge in [0.05, 0.1) is 12.7 Å². The van der Waals surface area contributed by atoms with Crippen molar-refractivity contribution in [1.29, 1.82) is 0 Å². The molecule has 2 aromatic rings. The van der Waals surface area contributed by atoms with Crippen LogP contribution >= 0.6 is 0 Å². The third-order valence-corrected chi connectivity index (χ3v) is 2.68. The molecule has 2 N–H and O–H groups in total. The Kier molecular flexibility index (Phi) is 4.00. The summed E-state index contributed by atoms with van der Waals surface area (Å²) in [6.07, 6.45) is 0. The van der Waals surface area contributed by atoms with E-state index < -0.39 is 11.9 Å². The van der Waals surface area contributed by atoms with Gasteiger partial charge in [0.2, 0.25) is 5.91 Å². The lowest BCUT2D eigenvalue weighted by Gasteiger charge is -2.05. The van der Waals surface area contributed by atoms with Gasteiger partial charge in [0.15, 0.2) is 0 Å². The standard InChI is InChI=1S/C15H13NO4/c1-19-12-6-8-13(9-7-12)20-15(18)11-4-2-10(3-5-11)14(16)17/h2-9H,1H3,(H2,16,17). The summed E-state index contributed by atoms with van der Waals surface area (Å²) in [4.78, 5) is 22.8. The molecule has 1 amide bonds. The van der Waals surface area contributed by atoms with Crippen LogP contribution in [0.3, 0.4) is 0 Å². The summed E-state index contributed by atoms with van der Waals surface area (Å²) < 4.78 is 10.2. The smallest absolute Gasteiger partial charge is 0.343 e. The molecule has 5 heteroatoms. The zero-order chi connectivity index (χ0) is 14.5. The van der Waals surface area contributed by atoms with E-state index in [2.05, 4.69) is 0 Å². The number of primary amides is 1. The molecule has 20 heavy (non-hydrogen) atoms. The molecule has 0 atom stereocenters. The van der Waals surface area contributed by atoms with Crippen LogP contribution in [0, 0.1) is 0 Å². The van der Waals surface area contributed by atoms with Crippen LogP contribution in [-0.2, 0) is 0 Å². The topological polar surface area (TPSA) is 78.6 Å². The largest absolute Gasteiger partial charge is 0.497 e. The number of amides is 1. The van der Waals surface area contributed by atoms with Gasteiger partial charge in [-0.2, -0.15) is 0 Å². The van der Waals surface area contributed by atoms with Crippen molar-refractivity contribution in [3.05, 3.63) is 59.7 Å². The Morgan fingerprint density at radius 2 is 1.35 bits per heavy atom. The van der Waals surface area contributed by atoms with E-state index in [1.807, 2.05) is 0 Å². The lowest BCUT2D eigenvalue weighted by Crippen LogP contribution is -2.12. The first-order valence-electron chi connectivity index (χ1n) is 5.86. The maximum Gasteiger partial charge on any atom is 0.343 e. The fraction of sp³-hybridized carbons (Fsp3) is 0.0667. The number of nitrogens with two attached hydrogens (primary N) is 1. The Balaban J connectivity index is 2.08. The predicted molar refractivity (Wildman–Crippen MR) is 72.9 cm³/mol. The van der Waals surface area contributed by atoms with Gasteiger partial charge in [0, 0.05) is 5.56 Å². The van der Waals surface area contributed by atoms with Crippen LogP contribution in [-0.4, -0.2) is 19.0 Å². The van der Waals surface area contributed by atoms with Gasteiger partial charge < -0.3 is 15.2 Å². The highest BCUT2D eigenvalue weighted by molar-refractivity contribution is 5.95. The second-order valence-corrected chi connectivity index (χ2v) is 4.01. The van der Waals surface area contributed by atoms with Crippen molar-refractivity contribution < 1.29 is 19.1 Å². The zero-order valence-electron chi connectivity index (χ0n) is 10.8. The molecule has 102 valence electrons. The van der Waals surface area contributed by atoms with Gasteiger partial charge in [-0.1, -0.05) is 0 Å². The molecule has 0 spiro atoms. The minimum absolute atomic E-state index is 0.339. The third kappa shape index (κ3) is 3.14. The van der Waals surface area contributed by atoms with Crippen LogP contribution in [0.25, 0.3) is 0 Å². The van der Waals surface area contributed by atoms with Gasteiger partial charge in [-0.15, -0.1) is 0 Å². The number of hydrogen-bond acceptors (Lipinski definition) is 4. The molecule has 0 aromatic heterocycles. The van der Waals surface area contributed by atoms with Crippen LogP contribution in [0.2, 0.25) is 0 Å². The summed E-state index contributed by atoms with van der Waals surface area (Å²) in [6.45, 7) is 0.